The molecule has 9 heteroatoms. The molecule has 30 heavy (non-hydrogen) atoms. The van der Waals surface area contributed by atoms with Crippen LogP contribution in [-0.4, -0.2) is 44.9 Å². The van der Waals surface area contributed by atoms with Gasteiger partial charge in [0.2, 0.25) is 0 Å². The van der Waals surface area contributed by atoms with Crippen LogP contribution in [0, 0.1) is 0 Å². The topological polar surface area (TPSA) is 75.1 Å². The smallest absolute Gasteiger partial charge is 0.191 e. The van der Waals surface area contributed by atoms with E-state index >= 15 is 0 Å². The number of aliphatic imine (C=N–C) groups is 1. The molecule has 168 valence electrons. The van der Waals surface area contributed by atoms with Crippen LogP contribution in [0.3, 0.4) is 0 Å². The molecule has 1 unspecified atom stereocenters. The van der Waals surface area contributed by atoms with Crippen LogP contribution in [0.5, 0.6) is 11.5 Å². The number of methoxy groups -OCH3 is 2. The average Bonchev–Trinajstić information content (AvgIpc) is 3.15. The predicted octanol–water partition coefficient (Wildman–Crippen LogP) is 4.60. The Kier molecular flexibility index (Phi) is 11.2. The van der Waals surface area contributed by atoms with Crippen molar-refractivity contribution in [1.82, 2.24) is 10.6 Å². The normalized spacial score (nSPS) is 12.7. The summed E-state index contributed by atoms with van der Waals surface area (Å²) in [7, 11) is 3.26. The summed E-state index contributed by atoms with van der Waals surface area (Å²) >= 11 is 7.33. The monoisotopic (exact) mass is 567 g/mol. The first-order chi connectivity index (χ1) is 13.8. The minimum Gasteiger partial charge on any atom is -0.493 e. The first-order valence-electron chi connectivity index (χ1n) is 9.48. The SMILES string of the molecule is CCNC(=NCC(C)(C)c1ccc(OC)c(OC)c1)NCC(O)c1ccc(Cl)s1.I. The van der Waals surface area contributed by atoms with E-state index in [0.717, 1.165) is 17.0 Å². The van der Waals surface area contributed by atoms with Gasteiger partial charge >= 0.3 is 0 Å². The number of ether oxygens (including phenoxy) is 2. The number of nitrogens with one attached hydrogen (secondary N) is 2. The molecule has 0 aliphatic heterocycles. The number of nitrogens with zero attached hydrogens (tertiary/aromatic N) is 1. The molecular formula is C21H31ClIN3O3S. The zero-order chi connectivity index (χ0) is 21.4. The van der Waals surface area contributed by atoms with Crippen molar-refractivity contribution in [1.29, 1.82) is 0 Å². The maximum absolute atomic E-state index is 10.3. The van der Waals surface area contributed by atoms with Gasteiger partial charge in [-0.25, -0.2) is 0 Å². The van der Waals surface area contributed by atoms with Crippen molar-refractivity contribution in [3.63, 3.8) is 0 Å². The minimum absolute atomic E-state index is 0. The molecule has 0 spiro atoms. The van der Waals surface area contributed by atoms with Crippen LogP contribution < -0.4 is 20.1 Å². The van der Waals surface area contributed by atoms with E-state index in [1.165, 1.54) is 11.3 Å². The number of hydrogen-bond donors (Lipinski definition) is 3. The summed E-state index contributed by atoms with van der Waals surface area (Å²) in [6.07, 6.45) is -0.643. The number of aliphatic hydroxyl groups excluding tert-OH is 1. The van der Waals surface area contributed by atoms with Crippen LogP contribution in [0.15, 0.2) is 35.3 Å². The molecule has 0 aliphatic carbocycles. The molecule has 1 aromatic heterocycles. The van der Waals surface area contributed by atoms with Crippen molar-refractivity contribution >= 4 is 52.9 Å². The van der Waals surface area contributed by atoms with E-state index in [-0.39, 0.29) is 29.4 Å². The number of aliphatic hydroxyl groups is 1. The van der Waals surface area contributed by atoms with Gasteiger partial charge < -0.3 is 25.2 Å². The van der Waals surface area contributed by atoms with Crippen LogP contribution in [0.25, 0.3) is 0 Å². The zero-order valence-electron chi connectivity index (χ0n) is 18.0. The molecule has 1 aromatic carbocycles. The fourth-order valence-corrected chi connectivity index (χ4v) is 3.82. The maximum Gasteiger partial charge on any atom is 0.191 e. The van der Waals surface area contributed by atoms with Crippen molar-refractivity contribution in [2.45, 2.75) is 32.3 Å². The molecule has 0 amide bonds. The standard InChI is InChI=1S/C21H30ClN3O3S.HI/c1-6-23-20(24-12-15(26)18-9-10-19(22)29-18)25-13-21(2,3)14-7-8-16(27-4)17(11-14)28-5;/h7-11,15,26H,6,12-13H2,1-5H3,(H2,23,24,25);1H. The van der Waals surface area contributed by atoms with E-state index < -0.39 is 6.10 Å². The average molecular weight is 568 g/mol. The highest BCUT2D eigenvalue weighted by molar-refractivity contribution is 14.0. The molecule has 2 aromatic rings. The maximum atomic E-state index is 10.3. The summed E-state index contributed by atoms with van der Waals surface area (Å²) in [6.45, 7) is 7.89. The second kappa shape index (κ2) is 12.6. The first-order valence-corrected chi connectivity index (χ1v) is 10.7. The van der Waals surface area contributed by atoms with Gasteiger partial charge in [0.25, 0.3) is 0 Å². The first kappa shape index (κ1) is 26.8. The van der Waals surface area contributed by atoms with Gasteiger partial charge in [-0.2, -0.15) is 0 Å². The molecular weight excluding hydrogens is 537 g/mol. The summed E-state index contributed by atoms with van der Waals surface area (Å²) in [5.74, 6) is 2.06. The Hall–Kier alpha value is -1.23. The third kappa shape index (κ3) is 7.47. The fourth-order valence-electron chi connectivity index (χ4n) is 2.77. The number of halogens is 2. The van der Waals surface area contributed by atoms with E-state index in [9.17, 15) is 5.11 Å². The third-order valence-electron chi connectivity index (χ3n) is 4.53. The highest BCUT2D eigenvalue weighted by Gasteiger charge is 2.22. The van der Waals surface area contributed by atoms with Crippen LogP contribution in [-0.2, 0) is 5.41 Å². The van der Waals surface area contributed by atoms with Gasteiger partial charge in [0.1, 0.15) is 6.10 Å². The third-order valence-corrected chi connectivity index (χ3v) is 5.86. The van der Waals surface area contributed by atoms with Crippen LogP contribution >= 0.6 is 46.9 Å². The van der Waals surface area contributed by atoms with E-state index in [1.807, 2.05) is 31.2 Å². The second-order valence-corrected chi connectivity index (χ2v) is 8.93. The number of thiophene rings is 1. The molecule has 0 fully saturated rings. The number of rotatable bonds is 9. The number of guanidine groups is 1. The van der Waals surface area contributed by atoms with Gasteiger partial charge in [-0.05, 0) is 36.8 Å². The molecule has 0 saturated carbocycles. The zero-order valence-corrected chi connectivity index (χ0v) is 21.9. The van der Waals surface area contributed by atoms with Gasteiger partial charge in [0.05, 0.1) is 25.1 Å². The molecule has 1 atom stereocenters. The molecule has 0 bridgehead atoms. The number of benzene rings is 1. The Morgan fingerprint density at radius 2 is 1.87 bits per heavy atom. The molecule has 2 rings (SSSR count). The van der Waals surface area contributed by atoms with Gasteiger partial charge in [-0.3, -0.25) is 4.99 Å². The van der Waals surface area contributed by atoms with E-state index in [1.54, 1.807) is 20.3 Å². The van der Waals surface area contributed by atoms with E-state index in [0.29, 0.717) is 34.9 Å². The summed E-state index contributed by atoms with van der Waals surface area (Å²) in [6, 6.07) is 9.55. The quantitative estimate of drug-likeness (QED) is 0.235. The van der Waals surface area contributed by atoms with Crippen molar-refractivity contribution in [2.75, 3.05) is 33.9 Å². The Balaban J connectivity index is 0.00000450. The van der Waals surface area contributed by atoms with Gasteiger partial charge in [0, 0.05) is 23.4 Å². The van der Waals surface area contributed by atoms with Crippen molar-refractivity contribution < 1.29 is 14.6 Å². The molecule has 3 N–H and O–H groups in total. The van der Waals surface area contributed by atoms with Gasteiger partial charge in [-0.15, -0.1) is 35.3 Å². The van der Waals surface area contributed by atoms with Crippen LogP contribution in [0.2, 0.25) is 4.34 Å². The molecule has 0 aliphatic rings. The van der Waals surface area contributed by atoms with Crippen molar-refractivity contribution in [3.05, 3.63) is 45.1 Å². The summed E-state index contributed by atoms with van der Waals surface area (Å²) in [5, 5.41) is 16.8. The summed E-state index contributed by atoms with van der Waals surface area (Å²) in [5.41, 5.74) is 0.880. The Morgan fingerprint density at radius 3 is 2.43 bits per heavy atom. The van der Waals surface area contributed by atoms with Crippen LogP contribution in [0.1, 0.15) is 37.3 Å². The Bertz CT molecular complexity index is 830. The molecule has 0 radical (unpaired) electrons. The number of hydrogen-bond acceptors (Lipinski definition) is 5. The predicted molar refractivity (Wildman–Crippen MR) is 136 cm³/mol. The van der Waals surface area contributed by atoms with Crippen molar-refractivity contribution in [3.8, 4) is 11.5 Å². The lowest BCUT2D eigenvalue weighted by Crippen LogP contribution is -2.40. The van der Waals surface area contributed by atoms with Gasteiger partial charge in [-0.1, -0.05) is 31.5 Å². The highest BCUT2D eigenvalue weighted by Crippen LogP contribution is 2.33. The lowest BCUT2D eigenvalue weighted by Gasteiger charge is -2.25. The molecule has 1 heterocycles. The minimum atomic E-state index is -0.643. The summed E-state index contributed by atoms with van der Waals surface area (Å²) in [4.78, 5) is 5.54. The van der Waals surface area contributed by atoms with E-state index in [2.05, 4.69) is 24.5 Å². The second-order valence-electron chi connectivity index (χ2n) is 7.19. The fraction of sp³-hybridized carbons (Fsp3) is 0.476. The van der Waals surface area contributed by atoms with Crippen LogP contribution in [0.4, 0.5) is 0 Å². The van der Waals surface area contributed by atoms with E-state index in [4.69, 9.17) is 26.1 Å². The summed E-state index contributed by atoms with van der Waals surface area (Å²) < 4.78 is 11.4. The lowest BCUT2D eigenvalue weighted by atomic mass is 9.84. The highest BCUT2D eigenvalue weighted by atomic mass is 127. The van der Waals surface area contributed by atoms with Crippen molar-refractivity contribution in [2.24, 2.45) is 4.99 Å². The lowest BCUT2D eigenvalue weighted by molar-refractivity contribution is 0.184. The molecule has 0 saturated heterocycles. The van der Waals surface area contributed by atoms with Gasteiger partial charge in [0.15, 0.2) is 17.5 Å². The molecule has 6 nitrogen and oxygen atoms in total. The Morgan fingerprint density at radius 1 is 1.17 bits per heavy atom. The Labute approximate surface area is 205 Å². The largest absolute Gasteiger partial charge is 0.493 e.